The van der Waals surface area contributed by atoms with E-state index in [4.69, 9.17) is 22.1 Å². The Labute approximate surface area is 116 Å². The molecule has 96 valence electrons. The number of anilines is 1. The quantitative estimate of drug-likeness (QED) is 0.905. The molecule has 0 bridgehead atoms. The average Bonchev–Trinajstić information content (AvgIpc) is 2.78. The van der Waals surface area contributed by atoms with Gasteiger partial charge < -0.3 is 10.5 Å². The SMILES string of the molecule is CCCOC(c1cnc(N)s1)c1ccccc1Cl. The molecule has 0 spiro atoms. The molecule has 0 aliphatic heterocycles. The van der Waals surface area contributed by atoms with E-state index in [0.717, 1.165) is 16.9 Å². The molecular weight excluding hydrogens is 268 g/mol. The number of halogens is 1. The van der Waals surface area contributed by atoms with Crippen LogP contribution < -0.4 is 5.73 Å². The number of nitrogen functional groups attached to an aromatic ring is 1. The maximum absolute atomic E-state index is 6.23. The van der Waals surface area contributed by atoms with Crippen molar-refractivity contribution in [1.82, 2.24) is 4.98 Å². The van der Waals surface area contributed by atoms with Gasteiger partial charge in [0.1, 0.15) is 6.10 Å². The molecule has 0 amide bonds. The molecule has 2 aromatic rings. The van der Waals surface area contributed by atoms with Gasteiger partial charge in [-0.3, -0.25) is 0 Å². The van der Waals surface area contributed by atoms with Gasteiger partial charge in [-0.1, -0.05) is 48.1 Å². The number of thiazole rings is 1. The van der Waals surface area contributed by atoms with Crippen molar-refractivity contribution in [3.8, 4) is 0 Å². The van der Waals surface area contributed by atoms with Crippen LogP contribution in [0.1, 0.15) is 29.9 Å². The molecule has 5 heteroatoms. The van der Waals surface area contributed by atoms with Crippen LogP contribution in [0.4, 0.5) is 5.13 Å². The van der Waals surface area contributed by atoms with Crippen molar-refractivity contribution in [2.75, 3.05) is 12.3 Å². The molecule has 1 heterocycles. The predicted molar refractivity (Wildman–Crippen MR) is 76.1 cm³/mol. The predicted octanol–water partition coefficient (Wildman–Crippen LogP) is 3.89. The standard InChI is InChI=1S/C13H15ClN2OS/c1-2-7-17-12(11-8-16-13(15)18-11)9-5-3-4-6-10(9)14/h3-6,8,12H,2,7H2,1H3,(H2,15,16). The van der Waals surface area contributed by atoms with Gasteiger partial charge in [-0.2, -0.15) is 0 Å². The van der Waals surface area contributed by atoms with Gasteiger partial charge in [0.25, 0.3) is 0 Å². The number of hydrogen-bond acceptors (Lipinski definition) is 4. The van der Waals surface area contributed by atoms with E-state index < -0.39 is 0 Å². The lowest BCUT2D eigenvalue weighted by Crippen LogP contribution is -2.06. The molecule has 0 aliphatic rings. The van der Waals surface area contributed by atoms with Crippen LogP contribution in [0.15, 0.2) is 30.5 Å². The van der Waals surface area contributed by atoms with Crippen LogP contribution in [0.5, 0.6) is 0 Å². The third-order valence-electron chi connectivity index (χ3n) is 2.48. The van der Waals surface area contributed by atoms with Crippen LogP contribution in [0.2, 0.25) is 5.02 Å². The third-order valence-corrected chi connectivity index (χ3v) is 3.69. The minimum atomic E-state index is -0.187. The minimum Gasteiger partial charge on any atom is -0.375 e. The Morgan fingerprint density at radius 2 is 2.22 bits per heavy atom. The highest BCUT2D eigenvalue weighted by molar-refractivity contribution is 7.15. The van der Waals surface area contributed by atoms with E-state index in [2.05, 4.69) is 11.9 Å². The zero-order chi connectivity index (χ0) is 13.0. The minimum absolute atomic E-state index is 0.187. The van der Waals surface area contributed by atoms with Crippen LogP contribution in [0.3, 0.4) is 0 Å². The van der Waals surface area contributed by atoms with Gasteiger partial charge in [-0.25, -0.2) is 4.98 Å². The Hall–Kier alpha value is -1.10. The Bertz CT molecular complexity index is 515. The van der Waals surface area contributed by atoms with Crippen LogP contribution in [0.25, 0.3) is 0 Å². The van der Waals surface area contributed by atoms with Crippen LogP contribution in [0, 0.1) is 0 Å². The number of nitrogens with zero attached hydrogens (tertiary/aromatic N) is 1. The summed E-state index contributed by atoms with van der Waals surface area (Å²) in [5.41, 5.74) is 6.63. The van der Waals surface area contributed by atoms with E-state index in [9.17, 15) is 0 Å². The fraction of sp³-hybridized carbons (Fsp3) is 0.308. The summed E-state index contributed by atoms with van der Waals surface area (Å²) in [6.45, 7) is 2.75. The summed E-state index contributed by atoms with van der Waals surface area (Å²) in [6, 6.07) is 7.69. The second kappa shape index (κ2) is 6.18. The van der Waals surface area contributed by atoms with Crippen molar-refractivity contribution in [2.45, 2.75) is 19.4 Å². The second-order valence-corrected chi connectivity index (χ2v) is 5.37. The van der Waals surface area contributed by atoms with E-state index in [1.807, 2.05) is 24.3 Å². The lowest BCUT2D eigenvalue weighted by Gasteiger charge is -2.17. The molecule has 1 aromatic carbocycles. The van der Waals surface area contributed by atoms with Gasteiger partial charge in [-0.15, -0.1) is 0 Å². The molecule has 1 atom stereocenters. The van der Waals surface area contributed by atoms with Crippen molar-refractivity contribution in [3.05, 3.63) is 45.9 Å². The van der Waals surface area contributed by atoms with Gasteiger partial charge in [0.15, 0.2) is 5.13 Å². The smallest absolute Gasteiger partial charge is 0.180 e. The summed E-state index contributed by atoms with van der Waals surface area (Å²) in [5, 5.41) is 1.24. The van der Waals surface area contributed by atoms with Crippen LogP contribution >= 0.6 is 22.9 Å². The average molecular weight is 283 g/mol. The molecule has 0 fully saturated rings. The maximum Gasteiger partial charge on any atom is 0.180 e. The first-order valence-corrected chi connectivity index (χ1v) is 6.99. The monoisotopic (exact) mass is 282 g/mol. The molecule has 2 rings (SSSR count). The van der Waals surface area contributed by atoms with E-state index in [1.54, 1.807) is 6.20 Å². The highest BCUT2D eigenvalue weighted by Crippen LogP contribution is 2.34. The summed E-state index contributed by atoms with van der Waals surface area (Å²) in [5.74, 6) is 0. The van der Waals surface area contributed by atoms with E-state index in [-0.39, 0.29) is 6.10 Å². The van der Waals surface area contributed by atoms with Crippen molar-refractivity contribution in [3.63, 3.8) is 0 Å². The Morgan fingerprint density at radius 1 is 1.44 bits per heavy atom. The van der Waals surface area contributed by atoms with Gasteiger partial charge in [0.05, 0.1) is 4.88 Å². The third kappa shape index (κ3) is 3.02. The molecule has 18 heavy (non-hydrogen) atoms. The molecule has 0 radical (unpaired) electrons. The number of benzene rings is 1. The number of rotatable bonds is 5. The molecule has 0 saturated heterocycles. The first kappa shape index (κ1) is 13.3. The van der Waals surface area contributed by atoms with Gasteiger partial charge in [0.2, 0.25) is 0 Å². The van der Waals surface area contributed by atoms with E-state index in [0.29, 0.717) is 16.8 Å². The number of hydrogen-bond donors (Lipinski definition) is 1. The maximum atomic E-state index is 6.23. The molecule has 2 N–H and O–H groups in total. The fourth-order valence-electron chi connectivity index (χ4n) is 1.67. The molecule has 1 unspecified atom stereocenters. The van der Waals surface area contributed by atoms with Gasteiger partial charge >= 0.3 is 0 Å². The topological polar surface area (TPSA) is 48.1 Å². The highest BCUT2D eigenvalue weighted by Gasteiger charge is 2.19. The number of nitrogens with two attached hydrogens (primary N) is 1. The molecule has 0 aliphatic carbocycles. The lowest BCUT2D eigenvalue weighted by atomic mass is 10.1. The first-order valence-electron chi connectivity index (χ1n) is 5.79. The largest absolute Gasteiger partial charge is 0.375 e. The highest BCUT2D eigenvalue weighted by atomic mass is 35.5. The fourth-order valence-corrected chi connectivity index (χ4v) is 2.66. The van der Waals surface area contributed by atoms with E-state index in [1.165, 1.54) is 11.3 Å². The molecule has 3 nitrogen and oxygen atoms in total. The normalized spacial score (nSPS) is 12.6. The summed E-state index contributed by atoms with van der Waals surface area (Å²) in [7, 11) is 0. The Morgan fingerprint density at radius 3 is 2.83 bits per heavy atom. The molecular formula is C13H15ClN2OS. The number of ether oxygens (including phenoxy) is 1. The van der Waals surface area contributed by atoms with Crippen molar-refractivity contribution < 1.29 is 4.74 Å². The van der Waals surface area contributed by atoms with Crippen LogP contribution in [-0.2, 0) is 4.74 Å². The Kier molecular flexibility index (Phi) is 4.58. The first-order chi connectivity index (χ1) is 8.72. The summed E-state index contributed by atoms with van der Waals surface area (Å²) in [4.78, 5) is 5.05. The zero-order valence-electron chi connectivity index (χ0n) is 10.1. The number of aromatic nitrogens is 1. The second-order valence-electron chi connectivity index (χ2n) is 3.87. The molecule has 0 saturated carbocycles. The molecule has 1 aromatic heterocycles. The zero-order valence-corrected chi connectivity index (χ0v) is 11.7. The van der Waals surface area contributed by atoms with Crippen molar-refractivity contribution in [2.24, 2.45) is 0 Å². The van der Waals surface area contributed by atoms with Gasteiger partial charge in [0, 0.05) is 23.4 Å². The van der Waals surface area contributed by atoms with E-state index >= 15 is 0 Å². The van der Waals surface area contributed by atoms with Gasteiger partial charge in [-0.05, 0) is 12.5 Å². The van der Waals surface area contributed by atoms with Crippen molar-refractivity contribution in [1.29, 1.82) is 0 Å². The Balaban J connectivity index is 2.33. The summed E-state index contributed by atoms with van der Waals surface area (Å²) < 4.78 is 5.89. The summed E-state index contributed by atoms with van der Waals surface area (Å²) >= 11 is 7.66. The summed E-state index contributed by atoms with van der Waals surface area (Å²) in [6.07, 6.45) is 2.52. The van der Waals surface area contributed by atoms with Crippen molar-refractivity contribution >= 4 is 28.1 Å². The van der Waals surface area contributed by atoms with Crippen LogP contribution in [-0.4, -0.2) is 11.6 Å². The lowest BCUT2D eigenvalue weighted by molar-refractivity contribution is 0.0829.